The molecule has 0 aliphatic carbocycles. The number of nitrogens with zero attached hydrogens (tertiary/aromatic N) is 5. The third-order valence-electron chi connectivity index (χ3n) is 7.87. The Hall–Kier alpha value is -4.32. The number of hydrogen-bond acceptors (Lipinski definition) is 7. The number of carbonyl (C=O) groups is 2. The minimum atomic E-state index is -0.610. The fraction of sp³-hybridized carbons (Fsp3) is 0.400. The molecule has 3 N–H and O–H groups in total. The van der Waals surface area contributed by atoms with Crippen molar-refractivity contribution in [1.82, 2.24) is 14.9 Å². The van der Waals surface area contributed by atoms with Crippen molar-refractivity contribution in [3.05, 3.63) is 77.2 Å². The molecule has 2 aliphatic heterocycles. The van der Waals surface area contributed by atoms with Gasteiger partial charge >= 0.3 is 0 Å². The van der Waals surface area contributed by atoms with Crippen LogP contribution in [-0.2, 0) is 4.79 Å². The smallest absolute Gasteiger partial charge is 0.254 e. The molecule has 3 aromatic rings. The SMILES string of the molecule is Cc1cc(C)c(C(=O)N2CCN(c3cc#ccc3)[C@H](C(N)=O)C2)c(C)c1NC1CCN(c2cnccn2)CC1. The van der Waals surface area contributed by atoms with Crippen LogP contribution in [0.5, 0.6) is 0 Å². The molecule has 1 atom stereocenters. The summed E-state index contributed by atoms with van der Waals surface area (Å²) in [5.41, 5.74) is 11.4. The van der Waals surface area contributed by atoms with Crippen molar-refractivity contribution in [2.45, 2.75) is 45.7 Å². The molecule has 0 bridgehead atoms. The molecule has 3 heterocycles. The Labute approximate surface area is 230 Å². The predicted molar refractivity (Wildman–Crippen MR) is 152 cm³/mol. The Kier molecular flexibility index (Phi) is 7.55. The van der Waals surface area contributed by atoms with Gasteiger partial charge in [0.15, 0.2) is 0 Å². The van der Waals surface area contributed by atoms with Crippen molar-refractivity contribution in [2.75, 3.05) is 47.8 Å². The summed E-state index contributed by atoms with van der Waals surface area (Å²) in [6.45, 7) is 9.11. The molecule has 202 valence electrons. The number of aryl methyl sites for hydroxylation is 2. The van der Waals surface area contributed by atoms with Crippen molar-refractivity contribution in [2.24, 2.45) is 5.73 Å². The van der Waals surface area contributed by atoms with Crippen LogP contribution in [0, 0.1) is 32.9 Å². The highest BCUT2D eigenvalue weighted by molar-refractivity contribution is 5.99. The highest BCUT2D eigenvalue weighted by Crippen LogP contribution is 2.31. The van der Waals surface area contributed by atoms with Crippen LogP contribution in [0.25, 0.3) is 0 Å². The second-order valence-electron chi connectivity index (χ2n) is 10.4. The molecular weight excluding hydrogens is 490 g/mol. The largest absolute Gasteiger partial charge is 0.382 e. The topological polar surface area (TPSA) is 108 Å². The quantitative estimate of drug-likeness (QED) is 0.510. The van der Waals surface area contributed by atoms with E-state index in [1.165, 1.54) is 0 Å². The number of amides is 2. The third-order valence-corrected chi connectivity index (χ3v) is 7.87. The average molecular weight is 526 g/mol. The first-order valence-corrected chi connectivity index (χ1v) is 13.4. The predicted octanol–water partition coefficient (Wildman–Crippen LogP) is 2.90. The fourth-order valence-corrected chi connectivity index (χ4v) is 5.84. The van der Waals surface area contributed by atoms with Gasteiger partial charge in [0.25, 0.3) is 5.91 Å². The maximum atomic E-state index is 13.9. The van der Waals surface area contributed by atoms with Crippen LogP contribution in [0.4, 0.5) is 17.2 Å². The van der Waals surface area contributed by atoms with E-state index in [0.717, 1.165) is 59.8 Å². The molecule has 0 saturated carbocycles. The van der Waals surface area contributed by atoms with Crippen molar-refractivity contribution < 1.29 is 9.59 Å². The van der Waals surface area contributed by atoms with E-state index in [-0.39, 0.29) is 12.5 Å². The molecule has 2 fully saturated rings. The Morgan fingerprint density at radius 3 is 2.51 bits per heavy atom. The summed E-state index contributed by atoms with van der Waals surface area (Å²) < 4.78 is 0. The van der Waals surface area contributed by atoms with Crippen LogP contribution in [0.15, 0.2) is 42.9 Å². The Morgan fingerprint density at radius 1 is 1.05 bits per heavy atom. The number of piperazine rings is 1. The lowest BCUT2D eigenvalue weighted by Crippen LogP contribution is -2.59. The van der Waals surface area contributed by atoms with E-state index in [9.17, 15) is 9.59 Å². The first-order chi connectivity index (χ1) is 18.8. The molecule has 39 heavy (non-hydrogen) atoms. The van der Waals surface area contributed by atoms with Crippen LogP contribution in [0.3, 0.4) is 0 Å². The number of hydrogen-bond donors (Lipinski definition) is 2. The van der Waals surface area contributed by atoms with Gasteiger partial charge in [0.1, 0.15) is 11.9 Å². The van der Waals surface area contributed by atoms with Gasteiger partial charge in [0, 0.05) is 67.6 Å². The first kappa shape index (κ1) is 26.3. The summed E-state index contributed by atoms with van der Waals surface area (Å²) in [6.07, 6.45) is 7.14. The molecule has 9 nitrogen and oxygen atoms in total. The van der Waals surface area contributed by atoms with Gasteiger partial charge in [0.05, 0.1) is 12.7 Å². The van der Waals surface area contributed by atoms with E-state index in [4.69, 9.17) is 5.73 Å². The summed E-state index contributed by atoms with van der Waals surface area (Å²) in [5.74, 6) is 0.391. The van der Waals surface area contributed by atoms with Crippen LogP contribution in [0.1, 0.15) is 39.9 Å². The van der Waals surface area contributed by atoms with Crippen molar-refractivity contribution >= 4 is 29.0 Å². The zero-order valence-electron chi connectivity index (χ0n) is 22.8. The van der Waals surface area contributed by atoms with Gasteiger partial charge in [-0.05, 0) is 62.4 Å². The van der Waals surface area contributed by atoms with Gasteiger partial charge in [-0.2, -0.15) is 0 Å². The van der Waals surface area contributed by atoms with E-state index in [1.54, 1.807) is 35.6 Å². The van der Waals surface area contributed by atoms with E-state index in [1.807, 2.05) is 24.8 Å². The van der Waals surface area contributed by atoms with Gasteiger partial charge in [0.2, 0.25) is 5.91 Å². The van der Waals surface area contributed by atoms with E-state index >= 15 is 0 Å². The Balaban J connectivity index is 1.32. The minimum Gasteiger partial charge on any atom is -0.382 e. The molecule has 0 spiro atoms. The van der Waals surface area contributed by atoms with Crippen molar-refractivity contribution in [3.8, 4) is 0 Å². The highest BCUT2D eigenvalue weighted by Gasteiger charge is 2.35. The molecule has 9 heteroatoms. The number of primary amides is 1. The molecular formula is C30H35N7O2. The lowest BCUT2D eigenvalue weighted by Gasteiger charge is -2.41. The Bertz CT molecular complexity index is 1320. The second kappa shape index (κ2) is 11.2. The molecule has 2 aliphatic rings. The first-order valence-electron chi connectivity index (χ1n) is 13.4. The normalized spacial score (nSPS) is 18.0. The zero-order chi connectivity index (χ0) is 27.5. The van der Waals surface area contributed by atoms with Crippen molar-refractivity contribution in [1.29, 1.82) is 0 Å². The lowest BCUT2D eigenvalue weighted by atomic mass is 9.94. The second-order valence-corrected chi connectivity index (χ2v) is 10.4. The maximum Gasteiger partial charge on any atom is 0.254 e. The lowest BCUT2D eigenvalue weighted by molar-refractivity contribution is -0.119. The van der Waals surface area contributed by atoms with E-state index in [0.29, 0.717) is 24.7 Å². The fourth-order valence-electron chi connectivity index (χ4n) is 5.84. The highest BCUT2D eigenvalue weighted by atomic mass is 16.2. The van der Waals surface area contributed by atoms with Crippen molar-refractivity contribution in [3.63, 3.8) is 0 Å². The average Bonchev–Trinajstić information content (AvgIpc) is 2.96. The third kappa shape index (κ3) is 5.46. The maximum absolute atomic E-state index is 13.9. The number of carbonyl (C=O) groups excluding carboxylic acids is 2. The van der Waals surface area contributed by atoms with Crippen LogP contribution < -0.4 is 20.9 Å². The summed E-state index contributed by atoms with van der Waals surface area (Å²) >= 11 is 0. The number of benzene rings is 1. The standard InChI is InChI=1S/C30H35N7O2/c1-20-17-21(2)28(34-23-9-13-35(14-10-23)26-18-32-11-12-33-26)22(3)27(20)30(39)36-15-16-37(25(19-36)29(31)38)24-7-5-4-6-8-24/h5,7-8,11-12,17-18,23,25,34H,9-10,13-16,19H2,1-3H3,(H2,31,38)/t25-/m0/s1. The molecule has 0 radical (unpaired) electrons. The van der Waals surface area contributed by atoms with Gasteiger partial charge in [-0.3, -0.25) is 14.6 Å². The number of nitrogens with two attached hydrogens (primary N) is 1. The zero-order valence-corrected chi connectivity index (χ0v) is 22.8. The molecule has 5 rings (SSSR count). The van der Waals surface area contributed by atoms with Gasteiger partial charge in [-0.1, -0.05) is 18.2 Å². The molecule has 2 amide bonds. The van der Waals surface area contributed by atoms with Gasteiger partial charge in [-0.25, -0.2) is 4.98 Å². The monoisotopic (exact) mass is 525 g/mol. The minimum absolute atomic E-state index is 0.0654. The van der Waals surface area contributed by atoms with Crippen LogP contribution in [0.2, 0.25) is 0 Å². The number of aromatic nitrogens is 2. The Morgan fingerprint density at radius 2 is 1.85 bits per heavy atom. The molecule has 2 aromatic carbocycles. The summed E-state index contributed by atoms with van der Waals surface area (Å²) in [5, 5.41) is 3.75. The summed E-state index contributed by atoms with van der Waals surface area (Å²) in [4.78, 5) is 40.9. The van der Waals surface area contributed by atoms with Crippen LogP contribution in [-0.4, -0.2) is 71.5 Å². The summed E-state index contributed by atoms with van der Waals surface area (Å²) in [7, 11) is 0. The number of piperidine rings is 1. The van der Waals surface area contributed by atoms with E-state index < -0.39 is 11.9 Å². The van der Waals surface area contributed by atoms with Gasteiger partial charge in [-0.15, -0.1) is 0 Å². The molecule has 0 unspecified atom stereocenters. The number of anilines is 3. The van der Waals surface area contributed by atoms with Crippen LogP contribution >= 0.6 is 0 Å². The van der Waals surface area contributed by atoms with Gasteiger partial charge < -0.3 is 25.8 Å². The number of nitrogens with one attached hydrogen (secondary N) is 1. The summed E-state index contributed by atoms with van der Waals surface area (Å²) in [6, 6.07) is 13.0. The number of rotatable bonds is 6. The van der Waals surface area contributed by atoms with E-state index in [2.05, 4.69) is 45.3 Å². The molecule has 1 aromatic heterocycles. The molecule has 2 saturated heterocycles.